The summed E-state index contributed by atoms with van der Waals surface area (Å²) in [6.45, 7) is 8.55. The lowest BCUT2D eigenvalue weighted by molar-refractivity contribution is -0.126. The number of likely N-dealkylation sites (tertiary alicyclic amines) is 1. The Labute approximate surface area is 129 Å². The van der Waals surface area contributed by atoms with E-state index in [0.717, 1.165) is 38.3 Å². The Morgan fingerprint density at radius 3 is 2.67 bits per heavy atom. The molecule has 0 bridgehead atoms. The molecule has 0 radical (unpaired) electrons. The van der Waals surface area contributed by atoms with Crippen molar-refractivity contribution in [3.63, 3.8) is 0 Å². The van der Waals surface area contributed by atoms with Crippen LogP contribution in [0.2, 0.25) is 0 Å². The number of carbonyl (C=O) groups excluding carboxylic acids is 1. The van der Waals surface area contributed by atoms with E-state index < -0.39 is 0 Å². The Hall–Kier alpha value is -0.610. The molecule has 2 aliphatic rings. The third-order valence-corrected chi connectivity index (χ3v) is 5.48. The molecule has 21 heavy (non-hydrogen) atoms. The van der Waals surface area contributed by atoms with Crippen LogP contribution in [0.25, 0.3) is 0 Å². The van der Waals surface area contributed by atoms with E-state index in [2.05, 4.69) is 24.1 Å². The highest BCUT2D eigenvalue weighted by Gasteiger charge is 2.28. The summed E-state index contributed by atoms with van der Waals surface area (Å²) < 4.78 is 0. The molecule has 4 heteroatoms. The van der Waals surface area contributed by atoms with Gasteiger partial charge in [0.05, 0.1) is 0 Å². The summed E-state index contributed by atoms with van der Waals surface area (Å²) in [5, 5.41) is 3.13. The molecule has 1 heterocycles. The van der Waals surface area contributed by atoms with E-state index in [1.54, 1.807) is 0 Å². The molecule has 122 valence electrons. The summed E-state index contributed by atoms with van der Waals surface area (Å²) >= 11 is 0. The second-order valence-electron chi connectivity index (χ2n) is 7.29. The summed E-state index contributed by atoms with van der Waals surface area (Å²) in [5.74, 6) is 1.67. The van der Waals surface area contributed by atoms with Crippen LogP contribution in [-0.4, -0.2) is 43.0 Å². The number of amides is 1. The highest BCUT2D eigenvalue weighted by molar-refractivity contribution is 5.78. The van der Waals surface area contributed by atoms with Crippen molar-refractivity contribution in [2.45, 2.75) is 58.4 Å². The van der Waals surface area contributed by atoms with E-state index in [9.17, 15) is 4.79 Å². The SMILES string of the molecule is CC1CCN(CCNC(=O)C(C)C2CCCC(N)C2)CC1. The number of nitrogens with zero attached hydrogens (tertiary/aromatic N) is 1. The Bertz CT molecular complexity index is 326. The van der Waals surface area contributed by atoms with Crippen LogP contribution in [0, 0.1) is 17.8 Å². The second-order valence-corrected chi connectivity index (χ2v) is 7.29. The van der Waals surface area contributed by atoms with Gasteiger partial charge in [-0.15, -0.1) is 0 Å². The molecular formula is C17H33N3O. The van der Waals surface area contributed by atoms with E-state index in [1.807, 2.05) is 0 Å². The number of hydrogen-bond donors (Lipinski definition) is 2. The lowest BCUT2D eigenvalue weighted by Crippen LogP contribution is -2.42. The minimum atomic E-state index is 0.109. The molecule has 0 spiro atoms. The van der Waals surface area contributed by atoms with Gasteiger partial charge >= 0.3 is 0 Å². The summed E-state index contributed by atoms with van der Waals surface area (Å²) in [5.41, 5.74) is 6.03. The molecule has 1 saturated carbocycles. The largest absolute Gasteiger partial charge is 0.355 e. The number of rotatable bonds is 5. The van der Waals surface area contributed by atoms with Gasteiger partial charge in [0.25, 0.3) is 0 Å². The van der Waals surface area contributed by atoms with Crippen LogP contribution in [-0.2, 0) is 4.79 Å². The maximum Gasteiger partial charge on any atom is 0.223 e. The Morgan fingerprint density at radius 2 is 2.00 bits per heavy atom. The highest BCUT2D eigenvalue weighted by Crippen LogP contribution is 2.29. The standard InChI is InChI=1S/C17H33N3O/c1-13-6-9-20(10-7-13)11-8-19-17(21)14(2)15-4-3-5-16(18)12-15/h13-16H,3-12,18H2,1-2H3,(H,19,21). The monoisotopic (exact) mass is 295 g/mol. The smallest absolute Gasteiger partial charge is 0.223 e. The predicted octanol–water partition coefficient (Wildman–Crippen LogP) is 1.99. The van der Waals surface area contributed by atoms with Gasteiger partial charge in [-0.25, -0.2) is 0 Å². The molecule has 1 aliphatic carbocycles. The topological polar surface area (TPSA) is 58.4 Å². The first-order valence-electron chi connectivity index (χ1n) is 8.82. The van der Waals surface area contributed by atoms with Gasteiger partial charge in [-0.05, 0) is 57.0 Å². The third-order valence-electron chi connectivity index (χ3n) is 5.48. The second kappa shape index (κ2) is 8.14. The van der Waals surface area contributed by atoms with Gasteiger partial charge in [-0.3, -0.25) is 4.79 Å². The van der Waals surface area contributed by atoms with E-state index in [-0.39, 0.29) is 11.8 Å². The molecule has 2 rings (SSSR count). The first kappa shape index (κ1) is 16.8. The van der Waals surface area contributed by atoms with Crippen molar-refractivity contribution < 1.29 is 4.79 Å². The summed E-state index contributed by atoms with van der Waals surface area (Å²) in [6, 6.07) is 0.300. The van der Waals surface area contributed by atoms with Crippen LogP contribution < -0.4 is 11.1 Å². The summed E-state index contributed by atoms with van der Waals surface area (Å²) in [7, 11) is 0. The Balaban J connectivity index is 1.64. The Morgan fingerprint density at radius 1 is 1.29 bits per heavy atom. The van der Waals surface area contributed by atoms with E-state index in [1.165, 1.54) is 32.4 Å². The molecule has 1 saturated heterocycles. The average Bonchev–Trinajstić information content (AvgIpc) is 2.48. The quantitative estimate of drug-likeness (QED) is 0.815. The van der Waals surface area contributed by atoms with Crippen molar-refractivity contribution >= 4 is 5.91 Å². The van der Waals surface area contributed by atoms with Gasteiger partial charge in [-0.1, -0.05) is 20.3 Å². The highest BCUT2D eigenvalue weighted by atomic mass is 16.1. The van der Waals surface area contributed by atoms with Crippen LogP contribution in [0.4, 0.5) is 0 Å². The molecule has 3 N–H and O–H groups in total. The van der Waals surface area contributed by atoms with Gasteiger partial charge < -0.3 is 16.0 Å². The molecule has 3 atom stereocenters. The number of nitrogens with two attached hydrogens (primary N) is 1. The van der Waals surface area contributed by atoms with Crippen LogP contribution in [0.5, 0.6) is 0 Å². The van der Waals surface area contributed by atoms with Crippen molar-refractivity contribution in [3.05, 3.63) is 0 Å². The zero-order valence-electron chi connectivity index (χ0n) is 13.8. The maximum atomic E-state index is 12.3. The molecule has 0 aromatic rings. The van der Waals surface area contributed by atoms with Crippen molar-refractivity contribution in [3.8, 4) is 0 Å². The fraction of sp³-hybridized carbons (Fsp3) is 0.941. The normalized spacial score (nSPS) is 30.0. The summed E-state index contributed by atoms with van der Waals surface area (Å²) in [4.78, 5) is 14.7. The molecule has 1 amide bonds. The minimum Gasteiger partial charge on any atom is -0.355 e. The lowest BCUT2D eigenvalue weighted by Gasteiger charge is -2.32. The molecule has 0 aromatic heterocycles. The number of carbonyl (C=O) groups is 1. The van der Waals surface area contributed by atoms with E-state index in [0.29, 0.717) is 12.0 Å². The zero-order chi connectivity index (χ0) is 15.2. The van der Waals surface area contributed by atoms with Crippen LogP contribution >= 0.6 is 0 Å². The van der Waals surface area contributed by atoms with Crippen molar-refractivity contribution in [1.29, 1.82) is 0 Å². The molecule has 2 fully saturated rings. The average molecular weight is 295 g/mol. The Kier molecular flexibility index (Phi) is 6.49. The van der Waals surface area contributed by atoms with E-state index in [4.69, 9.17) is 5.73 Å². The van der Waals surface area contributed by atoms with Crippen molar-refractivity contribution in [2.75, 3.05) is 26.2 Å². The number of nitrogens with one attached hydrogen (secondary N) is 1. The molecule has 4 nitrogen and oxygen atoms in total. The van der Waals surface area contributed by atoms with Gasteiger partial charge in [0, 0.05) is 25.0 Å². The minimum absolute atomic E-state index is 0.109. The molecule has 3 unspecified atom stereocenters. The van der Waals surface area contributed by atoms with Crippen molar-refractivity contribution in [1.82, 2.24) is 10.2 Å². The zero-order valence-corrected chi connectivity index (χ0v) is 13.8. The van der Waals surface area contributed by atoms with Crippen LogP contribution in [0.3, 0.4) is 0 Å². The van der Waals surface area contributed by atoms with Gasteiger partial charge in [-0.2, -0.15) is 0 Å². The molecule has 1 aliphatic heterocycles. The fourth-order valence-corrected chi connectivity index (χ4v) is 3.72. The first-order chi connectivity index (χ1) is 10.1. The fourth-order valence-electron chi connectivity index (χ4n) is 3.72. The van der Waals surface area contributed by atoms with Crippen LogP contribution in [0.1, 0.15) is 52.4 Å². The van der Waals surface area contributed by atoms with Gasteiger partial charge in [0.15, 0.2) is 0 Å². The van der Waals surface area contributed by atoms with Gasteiger partial charge in [0.1, 0.15) is 0 Å². The third kappa shape index (κ3) is 5.26. The van der Waals surface area contributed by atoms with Crippen LogP contribution in [0.15, 0.2) is 0 Å². The summed E-state index contributed by atoms with van der Waals surface area (Å²) in [6.07, 6.45) is 7.06. The van der Waals surface area contributed by atoms with Gasteiger partial charge in [0.2, 0.25) is 5.91 Å². The number of piperidine rings is 1. The maximum absolute atomic E-state index is 12.3. The first-order valence-corrected chi connectivity index (χ1v) is 8.82. The predicted molar refractivity (Wildman–Crippen MR) is 86.9 cm³/mol. The van der Waals surface area contributed by atoms with E-state index >= 15 is 0 Å². The lowest BCUT2D eigenvalue weighted by atomic mass is 9.78. The molecular weight excluding hydrogens is 262 g/mol. The molecule has 0 aromatic carbocycles. The number of hydrogen-bond acceptors (Lipinski definition) is 3. The van der Waals surface area contributed by atoms with Crippen molar-refractivity contribution in [2.24, 2.45) is 23.5 Å².